The monoisotopic (exact) mass is 147 g/mol. The van der Waals surface area contributed by atoms with Gasteiger partial charge in [0.15, 0.2) is 0 Å². The molecule has 1 aromatic rings. The summed E-state index contributed by atoms with van der Waals surface area (Å²) in [7, 11) is 1.79. The van der Waals surface area contributed by atoms with Crippen molar-refractivity contribution in [2.24, 2.45) is 0 Å². The van der Waals surface area contributed by atoms with Crippen LogP contribution in [0.3, 0.4) is 0 Å². The molecular formula is C8H9N3. The highest BCUT2D eigenvalue weighted by atomic mass is 15.0. The molecule has 0 aliphatic heterocycles. The molecule has 0 spiro atoms. The molecule has 11 heavy (non-hydrogen) atoms. The maximum atomic E-state index is 6.72. The summed E-state index contributed by atoms with van der Waals surface area (Å²) in [6.45, 7) is 8.67. The minimum Gasteiger partial charge on any atom is -0.361 e. The average molecular weight is 147 g/mol. The van der Waals surface area contributed by atoms with Gasteiger partial charge in [-0.05, 0) is 13.0 Å². The van der Waals surface area contributed by atoms with E-state index in [9.17, 15) is 0 Å². The van der Waals surface area contributed by atoms with Crippen molar-refractivity contribution >= 4 is 11.6 Å². The van der Waals surface area contributed by atoms with Crippen LogP contribution in [-0.4, -0.2) is 12.0 Å². The third kappa shape index (κ3) is 1.47. The van der Waals surface area contributed by atoms with E-state index in [0.717, 1.165) is 11.4 Å². The third-order valence-electron chi connectivity index (χ3n) is 1.43. The van der Waals surface area contributed by atoms with Crippen LogP contribution in [0.1, 0.15) is 5.56 Å². The Kier molecular flexibility index (Phi) is 2.07. The van der Waals surface area contributed by atoms with Crippen molar-refractivity contribution in [1.82, 2.24) is 4.98 Å². The SMILES string of the molecule is [C-]#[N+]c1ccc(C)c(NC)n1. The quantitative estimate of drug-likeness (QED) is 0.615. The van der Waals surface area contributed by atoms with E-state index < -0.39 is 0 Å². The molecule has 0 atom stereocenters. The van der Waals surface area contributed by atoms with Crippen LogP contribution in [0.4, 0.5) is 11.6 Å². The maximum Gasteiger partial charge on any atom is 0.271 e. The number of hydrogen-bond donors (Lipinski definition) is 1. The highest BCUT2D eigenvalue weighted by Crippen LogP contribution is 2.15. The van der Waals surface area contributed by atoms with E-state index in [4.69, 9.17) is 6.57 Å². The molecule has 1 rings (SSSR count). The van der Waals surface area contributed by atoms with Crippen molar-refractivity contribution in [3.05, 3.63) is 29.1 Å². The summed E-state index contributed by atoms with van der Waals surface area (Å²) in [5, 5.41) is 2.92. The van der Waals surface area contributed by atoms with Gasteiger partial charge in [-0.2, -0.15) is 0 Å². The second-order valence-electron chi connectivity index (χ2n) is 2.20. The predicted molar refractivity (Wildman–Crippen MR) is 44.8 cm³/mol. The number of aryl methyl sites for hydroxylation is 1. The number of rotatable bonds is 1. The molecule has 1 heterocycles. The molecule has 0 aromatic carbocycles. The summed E-state index contributed by atoms with van der Waals surface area (Å²) in [4.78, 5) is 7.26. The maximum absolute atomic E-state index is 6.72. The van der Waals surface area contributed by atoms with Gasteiger partial charge < -0.3 is 10.2 Å². The Morgan fingerprint density at radius 2 is 2.27 bits per heavy atom. The van der Waals surface area contributed by atoms with E-state index in [1.807, 2.05) is 13.0 Å². The van der Waals surface area contributed by atoms with Crippen LogP contribution in [0.2, 0.25) is 0 Å². The molecule has 0 unspecified atom stereocenters. The van der Waals surface area contributed by atoms with Crippen LogP contribution < -0.4 is 5.32 Å². The zero-order valence-corrected chi connectivity index (χ0v) is 6.55. The number of pyridine rings is 1. The number of anilines is 1. The number of hydrogen-bond acceptors (Lipinski definition) is 2. The van der Waals surface area contributed by atoms with Crippen LogP contribution in [0.15, 0.2) is 12.1 Å². The lowest BCUT2D eigenvalue weighted by Crippen LogP contribution is -1.93. The van der Waals surface area contributed by atoms with Crippen LogP contribution in [0, 0.1) is 13.5 Å². The first-order valence-electron chi connectivity index (χ1n) is 3.31. The van der Waals surface area contributed by atoms with Crippen LogP contribution >= 0.6 is 0 Å². The summed E-state index contributed by atoms with van der Waals surface area (Å²) >= 11 is 0. The predicted octanol–water partition coefficient (Wildman–Crippen LogP) is 1.98. The molecular weight excluding hydrogens is 138 g/mol. The molecule has 0 amide bonds. The molecule has 1 N–H and O–H groups in total. The molecule has 3 nitrogen and oxygen atoms in total. The fourth-order valence-electron chi connectivity index (χ4n) is 0.834. The van der Waals surface area contributed by atoms with Crippen molar-refractivity contribution in [1.29, 1.82) is 0 Å². The van der Waals surface area contributed by atoms with E-state index >= 15 is 0 Å². The highest BCUT2D eigenvalue weighted by Gasteiger charge is 2.01. The number of nitrogens with one attached hydrogen (secondary N) is 1. The minimum absolute atomic E-state index is 0.431. The summed E-state index contributed by atoms with van der Waals surface area (Å²) in [6, 6.07) is 3.59. The van der Waals surface area contributed by atoms with Gasteiger partial charge in [-0.15, -0.1) is 4.98 Å². The molecule has 56 valence electrons. The van der Waals surface area contributed by atoms with Crippen LogP contribution in [-0.2, 0) is 0 Å². The van der Waals surface area contributed by atoms with Crippen molar-refractivity contribution in [2.45, 2.75) is 6.92 Å². The Balaban J connectivity index is 3.15. The Hall–Kier alpha value is -1.56. The van der Waals surface area contributed by atoms with Gasteiger partial charge in [0.05, 0.1) is 0 Å². The molecule has 0 fully saturated rings. The molecule has 0 radical (unpaired) electrons. The molecule has 0 saturated carbocycles. The zero-order valence-electron chi connectivity index (χ0n) is 6.55. The zero-order chi connectivity index (χ0) is 8.27. The summed E-state index contributed by atoms with van der Waals surface area (Å²) in [6.07, 6.45) is 0. The number of nitrogens with zero attached hydrogens (tertiary/aromatic N) is 2. The van der Waals surface area contributed by atoms with Crippen molar-refractivity contribution in [2.75, 3.05) is 12.4 Å². The molecule has 0 aliphatic rings. The van der Waals surface area contributed by atoms with E-state index in [1.54, 1.807) is 13.1 Å². The minimum atomic E-state index is 0.431. The Bertz CT molecular complexity index is 299. The van der Waals surface area contributed by atoms with Gasteiger partial charge in [0.1, 0.15) is 0 Å². The molecule has 0 saturated heterocycles. The summed E-state index contributed by atoms with van der Waals surface area (Å²) in [5.74, 6) is 1.21. The molecule has 0 aliphatic carbocycles. The largest absolute Gasteiger partial charge is 0.361 e. The van der Waals surface area contributed by atoms with Gasteiger partial charge in [0.2, 0.25) is 5.82 Å². The first-order valence-corrected chi connectivity index (χ1v) is 3.31. The van der Waals surface area contributed by atoms with Gasteiger partial charge >= 0.3 is 0 Å². The lowest BCUT2D eigenvalue weighted by Gasteiger charge is -1.98. The van der Waals surface area contributed by atoms with Gasteiger partial charge in [-0.3, -0.25) is 0 Å². The second kappa shape index (κ2) is 3.02. The fraction of sp³-hybridized carbons (Fsp3) is 0.250. The second-order valence-corrected chi connectivity index (χ2v) is 2.20. The van der Waals surface area contributed by atoms with Gasteiger partial charge in [-0.25, -0.2) is 0 Å². The molecule has 1 aromatic heterocycles. The van der Waals surface area contributed by atoms with E-state index in [2.05, 4.69) is 15.1 Å². The Labute approximate surface area is 65.9 Å². The van der Waals surface area contributed by atoms with Crippen molar-refractivity contribution in [3.8, 4) is 0 Å². The van der Waals surface area contributed by atoms with Gasteiger partial charge in [0.25, 0.3) is 5.82 Å². The van der Waals surface area contributed by atoms with Crippen molar-refractivity contribution in [3.63, 3.8) is 0 Å². The lowest BCUT2D eigenvalue weighted by atomic mass is 10.3. The Morgan fingerprint density at radius 1 is 1.55 bits per heavy atom. The standard InChI is InChI=1S/C8H9N3/c1-6-4-5-7(9-2)11-8(6)10-3/h4-5H,1,3H3,(H,10,11). The normalized spacial score (nSPS) is 8.82. The molecule has 3 heteroatoms. The first kappa shape index (κ1) is 7.55. The Morgan fingerprint density at radius 3 is 2.82 bits per heavy atom. The molecule has 0 bridgehead atoms. The first-order chi connectivity index (χ1) is 5.27. The smallest absolute Gasteiger partial charge is 0.271 e. The van der Waals surface area contributed by atoms with Crippen LogP contribution in [0.5, 0.6) is 0 Å². The van der Waals surface area contributed by atoms with Crippen molar-refractivity contribution < 1.29 is 0 Å². The van der Waals surface area contributed by atoms with Crippen LogP contribution in [0.25, 0.3) is 4.85 Å². The van der Waals surface area contributed by atoms with E-state index in [-0.39, 0.29) is 0 Å². The summed E-state index contributed by atoms with van der Waals surface area (Å²) < 4.78 is 0. The third-order valence-corrected chi connectivity index (χ3v) is 1.43. The highest BCUT2D eigenvalue weighted by molar-refractivity contribution is 5.50. The number of aromatic nitrogens is 1. The van der Waals surface area contributed by atoms with E-state index in [0.29, 0.717) is 5.82 Å². The lowest BCUT2D eigenvalue weighted by molar-refractivity contribution is 1.25. The van der Waals surface area contributed by atoms with Gasteiger partial charge in [-0.1, -0.05) is 12.6 Å². The van der Waals surface area contributed by atoms with E-state index in [1.165, 1.54) is 0 Å². The topological polar surface area (TPSA) is 29.3 Å². The van der Waals surface area contributed by atoms with Gasteiger partial charge in [0, 0.05) is 12.6 Å². The average Bonchev–Trinajstić information content (AvgIpc) is 2.05. The summed E-state index contributed by atoms with van der Waals surface area (Å²) in [5.41, 5.74) is 1.06. The fourth-order valence-corrected chi connectivity index (χ4v) is 0.834.